The molecule has 0 radical (unpaired) electrons. The molecule has 0 spiro atoms. The molecule has 1 atom stereocenters. The number of nitrogens with one attached hydrogen (secondary N) is 1. The van der Waals surface area contributed by atoms with Crippen molar-refractivity contribution >= 4 is 10.0 Å². The van der Waals surface area contributed by atoms with Crippen molar-refractivity contribution in [3.63, 3.8) is 0 Å². The number of aliphatic hydroxyl groups excluding tert-OH is 1. The molecule has 0 saturated heterocycles. The predicted molar refractivity (Wildman–Crippen MR) is 87.6 cm³/mol. The lowest BCUT2D eigenvalue weighted by atomic mass is 9.87. The number of benzene rings is 1. The van der Waals surface area contributed by atoms with E-state index < -0.39 is 16.1 Å². The van der Waals surface area contributed by atoms with Crippen molar-refractivity contribution in [3.8, 4) is 5.75 Å². The van der Waals surface area contributed by atoms with E-state index in [9.17, 15) is 13.5 Å². The van der Waals surface area contributed by atoms with Crippen molar-refractivity contribution < 1.29 is 18.3 Å². The summed E-state index contributed by atoms with van der Waals surface area (Å²) in [7, 11) is -3.57. The van der Waals surface area contributed by atoms with Crippen LogP contribution in [0.3, 0.4) is 0 Å². The first-order valence-electron chi connectivity index (χ1n) is 7.49. The van der Waals surface area contributed by atoms with Crippen molar-refractivity contribution in [1.29, 1.82) is 0 Å². The Bertz CT molecular complexity index is 591. The van der Waals surface area contributed by atoms with E-state index in [1.165, 1.54) is 6.07 Å². The number of rotatable bonds is 7. The van der Waals surface area contributed by atoms with Gasteiger partial charge < -0.3 is 9.84 Å². The summed E-state index contributed by atoms with van der Waals surface area (Å²) < 4.78 is 32.4. The Balaban J connectivity index is 2.73. The monoisotopic (exact) mass is 329 g/mol. The van der Waals surface area contributed by atoms with Crippen LogP contribution in [0, 0.1) is 12.3 Å². The molecule has 22 heavy (non-hydrogen) atoms. The molecule has 0 bridgehead atoms. The van der Waals surface area contributed by atoms with E-state index in [1.807, 2.05) is 34.6 Å². The van der Waals surface area contributed by atoms with E-state index in [4.69, 9.17) is 4.74 Å². The van der Waals surface area contributed by atoms with Crippen LogP contribution >= 0.6 is 0 Å². The van der Waals surface area contributed by atoms with Crippen LogP contribution in [0.5, 0.6) is 5.75 Å². The quantitative estimate of drug-likeness (QED) is 0.806. The van der Waals surface area contributed by atoms with E-state index in [2.05, 4.69) is 4.72 Å². The molecule has 5 nitrogen and oxygen atoms in total. The summed E-state index contributed by atoms with van der Waals surface area (Å²) in [6, 6.07) is 4.78. The molecule has 1 aromatic carbocycles. The maximum atomic E-state index is 12.3. The molecule has 0 aromatic heterocycles. The molecule has 0 aliphatic rings. The molecule has 0 amide bonds. The van der Waals surface area contributed by atoms with Crippen molar-refractivity contribution in [3.05, 3.63) is 23.8 Å². The molecule has 1 rings (SSSR count). The van der Waals surface area contributed by atoms with Crippen molar-refractivity contribution in [2.45, 2.75) is 52.0 Å². The molecule has 0 aliphatic heterocycles. The van der Waals surface area contributed by atoms with Crippen LogP contribution in [0.15, 0.2) is 23.1 Å². The van der Waals surface area contributed by atoms with E-state index in [1.54, 1.807) is 12.1 Å². The van der Waals surface area contributed by atoms with Crippen molar-refractivity contribution in [2.75, 3.05) is 13.2 Å². The van der Waals surface area contributed by atoms with Gasteiger partial charge in [-0.3, -0.25) is 0 Å². The number of hydrogen-bond acceptors (Lipinski definition) is 4. The Labute approximate surface area is 133 Å². The lowest BCUT2D eigenvalue weighted by Crippen LogP contribution is -2.32. The average Bonchev–Trinajstić information content (AvgIpc) is 2.39. The Hall–Kier alpha value is -1.11. The van der Waals surface area contributed by atoms with E-state index >= 15 is 0 Å². The highest BCUT2D eigenvalue weighted by atomic mass is 32.2. The van der Waals surface area contributed by atoms with Crippen LogP contribution in [-0.4, -0.2) is 32.8 Å². The largest absolute Gasteiger partial charge is 0.494 e. The standard InChI is InChI=1S/C16H27NO4S/c1-6-21-14-8-7-13(11-12(14)2)22(19,20)17-10-9-15(18)16(3,4)5/h7-8,11,15,17-18H,6,9-10H2,1-5H3. The van der Waals surface area contributed by atoms with E-state index in [0.717, 1.165) is 5.56 Å². The Morgan fingerprint density at radius 2 is 1.95 bits per heavy atom. The molecule has 0 fully saturated rings. The third-order valence-electron chi connectivity index (χ3n) is 3.47. The fourth-order valence-corrected chi connectivity index (χ4v) is 3.09. The van der Waals surface area contributed by atoms with Gasteiger partial charge in [-0.25, -0.2) is 13.1 Å². The van der Waals surface area contributed by atoms with Crippen LogP contribution in [-0.2, 0) is 10.0 Å². The van der Waals surface area contributed by atoms with Gasteiger partial charge in [0.2, 0.25) is 10.0 Å². The van der Waals surface area contributed by atoms with Crippen LogP contribution in [0.25, 0.3) is 0 Å². The first kappa shape index (κ1) is 18.9. The van der Waals surface area contributed by atoms with Crippen LogP contribution in [0.4, 0.5) is 0 Å². The van der Waals surface area contributed by atoms with Gasteiger partial charge in [-0.1, -0.05) is 20.8 Å². The molecular formula is C16H27NO4S. The van der Waals surface area contributed by atoms with Gasteiger partial charge in [0.25, 0.3) is 0 Å². The number of sulfonamides is 1. The molecule has 0 aliphatic carbocycles. The van der Waals surface area contributed by atoms with Crippen LogP contribution in [0.1, 0.15) is 39.7 Å². The molecule has 0 heterocycles. The van der Waals surface area contributed by atoms with Gasteiger partial charge in [-0.15, -0.1) is 0 Å². The second-order valence-electron chi connectivity index (χ2n) is 6.43. The lowest BCUT2D eigenvalue weighted by Gasteiger charge is -2.25. The Morgan fingerprint density at radius 3 is 2.45 bits per heavy atom. The number of aliphatic hydroxyl groups is 1. The third kappa shape index (κ3) is 5.26. The third-order valence-corrected chi connectivity index (χ3v) is 4.92. The van der Waals surface area contributed by atoms with Crippen molar-refractivity contribution in [1.82, 2.24) is 4.72 Å². The maximum Gasteiger partial charge on any atom is 0.240 e. The van der Waals surface area contributed by atoms with Gasteiger partial charge in [0.05, 0.1) is 17.6 Å². The summed E-state index contributed by atoms with van der Waals surface area (Å²) in [5, 5.41) is 9.94. The van der Waals surface area contributed by atoms with E-state index in [-0.39, 0.29) is 16.9 Å². The maximum absolute atomic E-state index is 12.3. The first-order valence-corrected chi connectivity index (χ1v) is 8.97. The summed E-state index contributed by atoms with van der Waals surface area (Å²) in [4.78, 5) is 0.207. The molecule has 1 unspecified atom stereocenters. The molecular weight excluding hydrogens is 302 g/mol. The smallest absolute Gasteiger partial charge is 0.240 e. The summed E-state index contributed by atoms with van der Waals surface area (Å²) in [5.41, 5.74) is 0.515. The lowest BCUT2D eigenvalue weighted by molar-refractivity contribution is 0.0571. The summed E-state index contributed by atoms with van der Waals surface area (Å²) in [5.74, 6) is 0.685. The van der Waals surface area contributed by atoms with Gasteiger partial charge in [0.1, 0.15) is 5.75 Å². The van der Waals surface area contributed by atoms with Crippen molar-refractivity contribution in [2.24, 2.45) is 5.41 Å². The Kier molecular flexibility index (Phi) is 6.40. The Morgan fingerprint density at radius 1 is 1.32 bits per heavy atom. The predicted octanol–water partition coefficient (Wildman–Crippen LogP) is 2.47. The van der Waals surface area contributed by atoms with Gasteiger partial charge in [0, 0.05) is 6.54 Å². The fraction of sp³-hybridized carbons (Fsp3) is 0.625. The summed E-state index contributed by atoms with van der Waals surface area (Å²) >= 11 is 0. The topological polar surface area (TPSA) is 75.6 Å². The molecule has 1 aromatic rings. The van der Waals surface area contributed by atoms with Crippen LogP contribution < -0.4 is 9.46 Å². The van der Waals surface area contributed by atoms with E-state index in [0.29, 0.717) is 18.8 Å². The number of aryl methyl sites for hydroxylation is 1. The van der Waals surface area contributed by atoms with Gasteiger partial charge in [-0.05, 0) is 49.4 Å². The molecule has 6 heteroatoms. The highest BCUT2D eigenvalue weighted by Crippen LogP contribution is 2.23. The number of ether oxygens (including phenoxy) is 1. The second kappa shape index (κ2) is 7.44. The zero-order valence-corrected chi connectivity index (χ0v) is 14.8. The summed E-state index contributed by atoms with van der Waals surface area (Å²) in [6.07, 6.45) is -0.184. The molecule has 126 valence electrons. The average molecular weight is 329 g/mol. The van der Waals surface area contributed by atoms with Gasteiger partial charge in [0.15, 0.2) is 0 Å². The zero-order chi connectivity index (χ0) is 17.0. The van der Waals surface area contributed by atoms with Gasteiger partial charge in [-0.2, -0.15) is 0 Å². The number of hydrogen-bond donors (Lipinski definition) is 2. The highest BCUT2D eigenvalue weighted by Gasteiger charge is 2.23. The summed E-state index contributed by atoms with van der Waals surface area (Å²) in [6.45, 7) is 10.2. The molecule has 2 N–H and O–H groups in total. The SMILES string of the molecule is CCOc1ccc(S(=O)(=O)NCCC(O)C(C)(C)C)cc1C. The first-order chi connectivity index (χ1) is 10.1. The minimum atomic E-state index is -3.57. The highest BCUT2D eigenvalue weighted by molar-refractivity contribution is 7.89. The minimum absolute atomic E-state index is 0.201. The second-order valence-corrected chi connectivity index (χ2v) is 8.20. The minimum Gasteiger partial charge on any atom is -0.494 e. The van der Waals surface area contributed by atoms with Crippen LogP contribution in [0.2, 0.25) is 0 Å². The normalized spacial score (nSPS) is 13.9. The molecule has 0 saturated carbocycles. The zero-order valence-electron chi connectivity index (χ0n) is 14.0. The van der Waals surface area contributed by atoms with Gasteiger partial charge >= 0.3 is 0 Å². The fourth-order valence-electron chi connectivity index (χ4n) is 1.95.